The molecule has 0 fully saturated rings. The number of hydrogen-bond donors (Lipinski definition) is 5. The lowest BCUT2D eigenvalue weighted by molar-refractivity contribution is -0.142. The van der Waals surface area contributed by atoms with Crippen LogP contribution in [0.3, 0.4) is 0 Å². The van der Waals surface area contributed by atoms with Crippen molar-refractivity contribution in [3.8, 4) is 5.75 Å². The smallest absolute Gasteiger partial charge is 0.326 e. The van der Waals surface area contributed by atoms with Gasteiger partial charge in [0.1, 0.15) is 11.8 Å². The van der Waals surface area contributed by atoms with Crippen LogP contribution in [0.4, 0.5) is 0 Å². The van der Waals surface area contributed by atoms with Gasteiger partial charge in [-0.25, -0.2) is 4.79 Å². The fraction of sp³-hybridized carbons (Fsp3) is 0.429. The van der Waals surface area contributed by atoms with E-state index in [9.17, 15) is 19.8 Å². The Morgan fingerprint density at radius 1 is 1.24 bits per heavy atom. The Morgan fingerprint density at radius 2 is 1.86 bits per heavy atom. The molecule has 2 atom stereocenters. The lowest BCUT2D eigenvalue weighted by Crippen LogP contribution is -2.49. The van der Waals surface area contributed by atoms with Crippen molar-refractivity contribution >= 4 is 11.9 Å². The summed E-state index contributed by atoms with van der Waals surface area (Å²) in [5, 5.41) is 20.8. The molecule has 0 saturated heterocycles. The molecule has 0 aliphatic carbocycles. The summed E-state index contributed by atoms with van der Waals surface area (Å²) in [6.07, 6.45) is 1.13. The van der Waals surface area contributed by atoms with Gasteiger partial charge in [0.2, 0.25) is 5.91 Å². The lowest BCUT2D eigenvalue weighted by Gasteiger charge is -2.18. The molecule has 0 bridgehead atoms. The number of carboxylic acid groups (broad SMARTS) is 1. The number of carbonyl (C=O) groups is 2. The first kappa shape index (κ1) is 16.9. The molecule has 21 heavy (non-hydrogen) atoms. The molecule has 1 rings (SSSR count). The third kappa shape index (κ3) is 5.80. The van der Waals surface area contributed by atoms with Gasteiger partial charge in [0, 0.05) is 6.42 Å². The third-order valence-electron chi connectivity index (χ3n) is 3.05. The first-order chi connectivity index (χ1) is 9.93. The van der Waals surface area contributed by atoms with Crippen molar-refractivity contribution in [2.75, 3.05) is 6.54 Å². The summed E-state index contributed by atoms with van der Waals surface area (Å²) in [7, 11) is 0. The predicted octanol–water partition coefficient (Wildman–Crippen LogP) is -0.430. The largest absolute Gasteiger partial charge is 0.508 e. The highest BCUT2D eigenvalue weighted by Crippen LogP contribution is 2.11. The normalized spacial score (nSPS) is 13.4. The zero-order valence-electron chi connectivity index (χ0n) is 11.7. The average Bonchev–Trinajstić information content (AvgIpc) is 2.45. The molecule has 0 saturated carbocycles. The minimum Gasteiger partial charge on any atom is -0.508 e. The molecule has 116 valence electrons. The van der Waals surface area contributed by atoms with Crippen LogP contribution < -0.4 is 16.8 Å². The quantitative estimate of drug-likeness (QED) is 0.441. The molecule has 0 spiro atoms. The number of aromatic hydroxyl groups is 1. The van der Waals surface area contributed by atoms with Gasteiger partial charge in [0.15, 0.2) is 0 Å². The highest BCUT2D eigenvalue weighted by Gasteiger charge is 2.23. The minimum absolute atomic E-state index is 0.0958. The summed E-state index contributed by atoms with van der Waals surface area (Å²) in [6, 6.07) is 4.30. The van der Waals surface area contributed by atoms with E-state index >= 15 is 0 Å². The Kier molecular flexibility index (Phi) is 6.64. The Hall–Kier alpha value is -2.12. The number of nitrogens with one attached hydrogen (secondary N) is 1. The number of hydrogen-bond acceptors (Lipinski definition) is 5. The minimum atomic E-state index is -1.14. The van der Waals surface area contributed by atoms with Crippen LogP contribution in [0.2, 0.25) is 0 Å². The highest BCUT2D eigenvalue weighted by molar-refractivity contribution is 5.86. The highest BCUT2D eigenvalue weighted by atomic mass is 16.4. The van der Waals surface area contributed by atoms with Crippen LogP contribution in [-0.2, 0) is 16.0 Å². The average molecular weight is 295 g/mol. The Balaban J connectivity index is 2.63. The molecule has 0 aliphatic rings. The molecular formula is C14H21N3O4. The number of phenols is 1. The van der Waals surface area contributed by atoms with Crippen LogP contribution in [0.1, 0.15) is 18.4 Å². The first-order valence-corrected chi connectivity index (χ1v) is 6.70. The molecular weight excluding hydrogens is 274 g/mol. The van der Waals surface area contributed by atoms with Crippen molar-refractivity contribution < 1.29 is 19.8 Å². The Morgan fingerprint density at radius 3 is 2.38 bits per heavy atom. The van der Waals surface area contributed by atoms with E-state index in [0.29, 0.717) is 24.9 Å². The standard InChI is InChI=1S/C14H21N3O4/c15-7-1-2-11(16)13(19)17-12(14(20)21)8-9-3-5-10(18)6-4-9/h3-6,11-12,18H,1-2,7-8,15-16H2,(H,17,19)(H,20,21). The summed E-state index contributed by atoms with van der Waals surface area (Å²) < 4.78 is 0. The van der Waals surface area contributed by atoms with Crippen LogP contribution in [0.25, 0.3) is 0 Å². The van der Waals surface area contributed by atoms with Crippen molar-refractivity contribution in [1.29, 1.82) is 0 Å². The fourth-order valence-electron chi connectivity index (χ4n) is 1.82. The molecule has 0 aliphatic heterocycles. The van der Waals surface area contributed by atoms with Crippen molar-refractivity contribution in [2.45, 2.75) is 31.3 Å². The summed E-state index contributed by atoms with van der Waals surface area (Å²) in [5.74, 6) is -1.55. The van der Waals surface area contributed by atoms with E-state index < -0.39 is 24.0 Å². The van der Waals surface area contributed by atoms with E-state index in [4.69, 9.17) is 11.5 Å². The summed E-state index contributed by atoms with van der Waals surface area (Å²) in [4.78, 5) is 23.0. The van der Waals surface area contributed by atoms with E-state index in [1.807, 2.05) is 0 Å². The van der Waals surface area contributed by atoms with E-state index in [1.165, 1.54) is 12.1 Å². The maximum atomic E-state index is 11.8. The van der Waals surface area contributed by atoms with Crippen molar-refractivity contribution in [1.82, 2.24) is 5.32 Å². The van der Waals surface area contributed by atoms with E-state index in [2.05, 4.69) is 5.32 Å². The molecule has 1 amide bonds. The predicted molar refractivity (Wildman–Crippen MR) is 77.6 cm³/mol. The van der Waals surface area contributed by atoms with Gasteiger partial charge in [-0.15, -0.1) is 0 Å². The van der Waals surface area contributed by atoms with E-state index in [1.54, 1.807) is 12.1 Å². The number of carbonyl (C=O) groups excluding carboxylic acids is 1. The number of amides is 1. The molecule has 1 aromatic carbocycles. The van der Waals surface area contributed by atoms with Gasteiger partial charge in [-0.05, 0) is 37.1 Å². The molecule has 7 nitrogen and oxygen atoms in total. The summed E-state index contributed by atoms with van der Waals surface area (Å²) in [6.45, 7) is 0.427. The first-order valence-electron chi connectivity index (χ1n) is 6.70. The zero-order valence-corrected chi connectivity index (χ0v) is 11.7. The fourth-order valence-corrected chi connectivity index (χ4v) is 1.82. The van der Waals surface area contributed by atoms with Crippen molar-refractivity contribution in [2.24, 2.45) is 11.5 Å². The van der Waals surface area contributed by atoms with Gasteiger partial charge in [0.25, 0.3) is 0 Å². The molecule has 0 aromatic heterocycles. The molecule has 0 radical (unpaired) electrons. The zero-order chi connectivity index (χ0) is 15.8. The number of nitrogens with two attached hydrogens (primary N) is 2. The Labute approximate surface area is 122 Å². The second-order valence-electron chi connectivity index (χ2n) is 4.81. The monoisotopic (exact) mass is 295 g/mol. The molecule has 1 aromatic rings. The van der Waals surface area contributed by atoms with Crippen LogP contribution in [0.15, 0.2) is 24.3 Å². The van der Waals surface area contributed by atoms with Crippen LogP contribution in [0, 0.1) is 0 Å². The van der Waals surface area contributed by atoms with E-state index in [-0.39, 0.29) is 12.2 Å². The summed E-state index contributed by atoms with van der Waals surface area (Å²) >= 11 is 0. The van der Waals surface area contributed by atoms with Gasteiger partial charge in [0.05, 0.1) is 6.04 Å². The second-order valence-corrected chi connectivity index (χ2v) is 4.81. The molecule has 2 unspecified atom stereocenters. The maximum absolute atomic E-state index is 11.8. The number of phenolic OH excluding ortho intramolecular Hbond substituents is 1. The van der Waals surface area contributed by atoms with Crippen LogP contribution in [-0.4, -0.2) is 40.7 Å². The topological polar surface area (TPSA) is 139 Å². The Bertz CT molecular complexity index is 476. The molecule has 0 heterocycles. The molecule has 7 heteroatoms. The van der Waals surface area contributed by atoms with Gasteiger partial charge < -0.3 is 27.0 Å². The number of rotatable bonds is 8. The molecule has 7 N–H and O–H groups in total. The van der Waals surface area contributed by atoms with Gasteiger partial charge in [-0.2, -0.15) is 0 Å². The van der Waals surface area contributed by atoms with Crippen LogP contribution in [0.5, 0.6) is 5.75 Å². The lowest BCUT2D eigenvalue weighted by atomic mass is 10.0. The maximum Gasteiger partial charge on any atom is 0.326 e. The van der Waals surface area contributed by atoms with Gasteiger partial charge in [-0.3, -0.25) is 4.79 Å². The summed E-state index contributed by atoms with van der Waals surface area (Å²) in [5.41, 5.74) is 11.7. The van der Waals surface area contributed by atoms with Crippen molar-refractivity contribution in [3.05, 3.63) is 29.8 Å². The van der Waals surface area contributed by atoms with Crippen molar-refractivity contribution in [3.63, 3.8) is 0 Å². The third-order valence-corrected chi connectivity index (χ3v) is 3.05. The SMILES string of the molecule is NCCCC(N)C(=O)NC(Cc1ccc(O)cc1)C(=O)O. The van der Waals surface area contributed by atoms with Gasteiger partial charge >= 0.3 is 5.97 Å². The second kappa shape index (κ2) is 8.23. The number of aliphatic carboxylic acids is 1. The van der Waals surface area contributed by atoms with Gasteiger partial charge in [-0.1, -0.05) is 12.1 Å². The van der Waals surface area contributed by atoms with E-state index in [0.717, 1.165) is 0 Å². The van der Waals surface area contributed by atoms with Crippen LogP contribution >= 0.6 is 0 Å². The number of carboxylic acids is 1. The number of benzene rings is 1.